The van der Waals surface area contributed by atoms with Crippen LogP contribution in [0.3, 0.4) is 0 Å². The average Bonchev–Trinajstić information content (AvgIpc) is 2.82. The Morgan fingerprint density at radius 2 is 1.95 bits per heavy atom. The Morgan fingerprint density at radius 1 is 1.24 bits per heavy atom. The van der Waals surface area contributed by atoms with Gasteiger partial charge in [0, 0.05) is 12.6 Å². The van der Waals surface area contributed by atoms with Gasteiger partial charge < -0.3 is 14.5 Å². The molecule has 2 rings (SSSR count). The van der Waals surface area contributed by atoms with Crippen molar-refractivity contribution in [1.29, 1.82) is 0 Å². The van der Waals surface area contributed by atoms with Crippen LogP contribution in [0.4, 0.5) is 0 Å². The second-order valence-corrected chi connectivity index (χ2v) is 8.05. The summed E-state index contributed by atoms with van der Waals surface area (Å²) in [7, 11) is 0. The second kappa shape index (κ2) is 6.97. The van der Waals surface area contributed by atoms with Crippen molar-refractivity contribution >= 4 is 0 Å². The first-order valence-electron chi connectivity index (χ1n) is 8.20. The van der Waals surface area contributed by atoms with Gasteiger partial charge in [0.25, 0.3) is 0 Å². The van der Waals surface area contributed by atoms with Gasteiger partial charge in [0.1, 0.15) is 12.4 Å². The van der Waals surface area contributed by atoms with Gasteiger partial charge in [0.05, 0.1) is 6.26 Å². The Labute approximate surface area is 129 Å². The average molecular weight is 293 g/mol. The van der Waals surface area contributed by atoms with E-state index >= 15 is 0 Å². The molecule has 1 aliphatic rings. The molecule has 1 aromatic rings. The minimum absolute atomic E-state index is 0.454. The molecule has 0 atom stereocenters. The third-order valence-electron chi connectivity index (χ3n) is 4.28. The minimum atomic E-state index is 0.454. The van der Waals surface area contributed by atoms with Crippen LogP contribution in [0.25, 0.3) is 0 Å². The SMILES string of the molecule is CC1(C)CC(NCCCOCc2ccco2)CC(C)(C)C1. The molecule has 0 spiro atoms. The fourth-order valence-electron chi connectivity index (χ4n) is 4.04. The highest BCUT2D eigenvalue weighted by Gasteiger charge is 2.37. The van der Waals surface area contributed by atoms with Crippen LogP contribution in [0.5, 0.6) is 0 Å². The number of furan rings is 1. The maximum atomic E-state index is 5.62. The number of hydrogen-bond donors (Lipinski definition) is 1. The summed E-state index contributed by atoms with van der Waals surface area (Å²) in [6.07, 6.45) is 6.63. The molecule has 0 saturated heterocycles. The van der Waals surface area contributed by atoms with Gasteiger partial charge in [-0.05, 0) is 55.2 Å². The lowest BCUT2D eigenvalue weighted by Gasteiger charge is -2.45. The lowest BCUT2D eigenvalue weighted by atomic mass is 9.63. The summed E-state index contributed by atoms with van der Waals surface area (Å²) in [5.74, 6) is 0.902. The molecule has 3 nitrogen and oxygen atoms in total. The molecule has 0 aromatic carbocycles. The molecule has 1 N–H and O–H groups in total. The Kier molecular flexibility index (Phi) is 5.50. The highest BCUT2D eigenvalue weighted by Crippen LogP contribution is 2.45. The van der Waals surface area contributed by atoms with Crippen molar-refractivity contribution in [2.75, 3.05) is 13.2 Å². The largest absolute Gasteiger partial charge is 0.467 e. The third kappa shape index (κ3) is 5.84. The van der Waals surface area contributed by atoms with Crippen LogP contribution in [-0.2, 0) is 11.3 Å². The summed E-state index contributed by atoms with van der Waals surface area (Å²) in [5, 5.41) is 3.72. The Balaban J connectivity index is 1.60. The quantitative estimate of drug-likeness (QED) is 0.758. The Bertz CT molecular complexity index is 393. The number of ether oxygens (including phenoxy) is 1. The molecule has 1 aliphatic carbocycles. The summed E-state index contributed by atoms with van der Waals surface area (Å²) in [4.78, 5) is 0. The van der Waals surface area contributed by atoms with E-state index in [1.807, 2.05) is 12.1 Å². The monoisotopic (exact) mass is 293 g/mol. The molecular weight excluding hydrogens is 262 g/mol. The zero-order chi connectivity index (χ0) is 15.3. The highest BCUT2D eigenvalue weighted by atomic mass is 16.5. The van der Waals surface area contributed by atoms with Crippen LogP contribution < -0.4 is 5.32 Å². The van der Waals surface area contributed by atoms with Gasteiger partial charge in [-0.1, -0.05) is 27.7 Å². The summed E-state index contributed by atoms with van der Waals surface area (Å²) in [6.45, 7) is 12.0. The lowest BCUT2D eigenvalue weighted by Crippen LogP contribution is -2.44. The number of nitrogens with one attached hydrogen (secondary N) is 1. The Morgan fingerprint density at radius 3 is 2.57 bits per heavy atom. The van der Waals surface area contributed by atoms with Crippen LogP contribution in [-0.4, -0.2) is 19.2 Å². The van der Waals surface area contributed by atoms with Crippen molar-refractivity contribution < 1.29 is 9.15 Å². The molecule has 3 heteroatoms. The van der Waals surface area contributed by atoms with E-state index in [0.717, 1.165) is 25.3 Å². The van der Waals surface area contributed by atoms with Crippen LogP contribution in [0.15, 0.2) is 22.8 Å². The summed E-state index contributed by atoms with van der Waals surface area (Å²) < 4.78 is 10.9. The molecule has 0 radical (unpaired) electrons. The predicted molar refractivity (Wildman–Crippen MR) is 86.2 cm³/mol. The van der Waals surface area contributed by atoms with Gasteiger partial charge in [-0.15, -0.1) is 0 Å². The van der Waals surface area contributed by atoms with Crippen molar-refractivity contribution in [2.24, 2.45) is 10.8 Å². The maximum Gasteiger partial charge on any atom is 0.129 e. The van der Waals surface area contributed by atoms with Crippen LogP contribution in [0.2, 0.25) is 0 Å². The normalized spacial score (nSPS) is 21.5. The first-order chi connectivity index (χ1) is 9.86. The van der Waals surface area contributed by atoms with E-state index in [9.17, 15) is 0 Å². The van der Waals surface area contributed by atoms with E-state index < -0.39 is 0 Å². The van der Waals surface area contributed by atoms with Gasteiger partial charge in [-0.2, -0.15) is 0 Å². The van der Waals surface area contributed by atoms with Crippen molar-refractivity contribution in [2.45, 2.75) is 66.0 Å². The van der Waals surface area contributed by atoms with Crippen LogP contribution in [0.1, 0.15) is 59.1 Å². The Hall–Kier alpha value is -0.800. The molecule has 1 aromatic heterocycles. The van der Waals surface area contributed by atoms with Crippen molar-refractivity contribution in [3.63, 3.8) is 0 Å². The molecule has 1 saturated carbocycles. The zero-order valence-corrected chi connectivity index (χ0v) is 14.1. The van der Waals surface area contributed by atoms with Crippen LogP contribution in [0, 0.1) is 10.8 Å². The molecule has 21 heavy (non-hydrogen) atoms. The molecule has 1 heterocycles. The fraction of sp³-hybridized carbons (Fsp3) is 0.778. The van der Waals surface area contributed by atoms with Crippen molar-refractivity contribution in [3.8, 4) is 0 Å². The highest BCUT2D eigenvalue weighted by molar-refractivity contribution is 4.96. The van der Waals surface area contributed by atoms with Crippen LogP contribution >= 0.6 is 0 Å². The molecule has 120 valence electrons. The summed E-state index contributed by atoms with van der Waals surface area (Å²) in [6, 6.07) is 4.49. The van der Waals surface area contributed by atoms with Gasteiger partial charge in [-0.25, -0.2) is 0 Å². The van der Waals surface area contributed by atoms with E-state index in [-0.39, 0.29) is 0 Å². The zero-order valence-electron chi connectivity index (χ0n) is 14.1. The first kappa shape index (κ1) is 16.6. The minimum Gasteiger partial charge on any atom is -0.467 e. The van der Waals surface area contributed by atoms with E-state index in [2.05, 4.69) is 33.0 Å². The first-order valence-corrected chi connectivity index (χ1v) is 8.20. The lowest BCUT2D eigenvalue weighted by molar-refractivity contribution is 0.0795. The molecule has 0 amide bonds. The van der Waals surface area contributed by atoms with Gasteiger partial charge >= 0.3 is 0 Å². The topological polar surface area (TPSA) is 34.4 Å². The standard InChI is InChI=1S/C18H31NO2/c1-17(2)11-15(12-18(3,4)14-17)19-8-6-9-20-13-16-7-5-10-21-16/h5,7,10,15,19H,6,8-9,11-14H2,1-4H3. The van der Waals surface area contributed by atoms with Crippen molar-refractivity contribution in [1.82, 2.24) is 5.32 Å². The van der Waals surface area contributed by atoms with E-state index in [1.165, 1.54) is 19.3 Å². The smallest absolute Gasteiger partial charge is 0.129 e. The molecule has 0 bridgehead atoms. The molecule has 0 unspecified atom stereocenters. The fourth-order valence-corrected chi connectivity index (χ4v) is 4.04. The van der Waals surface area contributed by atoms with Gasteiger partial charge in [0.2, 0.25) is 0 Å². The van der Waals surface area contributed by atoms with Crippen molar-refractivity contribution in [3.05, 3.63) is 24.2 Å². The number of rotatable bonds is 7. The summed E-state index contributed by atoms with van der Waals surface area (Å²) >= 11 is 0. The maximum absolute atomic E-state index is 5.62. The second-order valence-electron chi connectivity index (χ2n) is 8.05. The third-order valence-corrected chi connectivity index (χ3v) is 4.28. The number of hydrogen-bond acceptors (Lipinski definition) is 3. The van der Waals surface area contributed by atoms with E-state index in [4.69, 9.17) is 9.15 Å². The van der Waals surface area contributed by atoms with E-state index in [0.29, 0.717) is 23.5 Å². The molecular formula is C18H31NO2. The summed E-state index contributed by atoms with van der Waals surface area (Å²) in [5.41, 5.74) is 0.907. The molecule has 0 aliphatic heterocycles. The van der Waals surface area contributed by atoms with Gasteiger partial charge in [-0.3, -0.25) is 0 Å². The van der Waals surface area contributed by atoms with Gasteiger partial charge in [0.15, 0.2) is 0 Å². The molecule has 1 fully saturated rings. The predicted octanol–water partition coefficient (Wildman–Crippen LogP) is 4.38. The van der Waals surface area contributed by atoms with E-state index in [1.54, 1.807) is 6.26 Å².